The van der Waals surface area contributed by atoms with Crippen molar-refractivity contribution in [1.29, 1.82) is 0 Å². The molecule has 1 aromatic heterocycles. The summed E-state index contributed by atoms with van der Waals surface area (Å²) in [7, 11) is 0. The lowest BCUT2D eigenvalue weighted by atomic mass is 9.70. The number of rotatable bonds is 3. The summed E-state index contributed by atoms with van der Waals surface area (Å²) in [5.41, 5.74) is 2.91. The second kappa shape index (κ2) is 8.04. The normalized spacial score (nSPS) is 28.0. The second-order valence-electron chi connectivity index (χ2n) is 11.1. The van der Waals surface area contributed by atoms with Gasteiger partial charge in [-0.3, -0.25) is 9.69 Å². The molecule has 1 amide bonds. The first-order chi connectivity index (χ1) is 18.5. The van der Waals surface area contributed by atoms with Gasteiger partial charge in [0.15, 0.2) is 0 Å². The molecule has 1 saturated carbocycles. The van der Waals surface area contributed by atoms with Crippen LogP contribution in [0.2, 0.25) is 10.0 Å². The number of aromatic nitrogens is 2. The van der Waals surface area contributed by atoms with Crippen molar-refractivity contribution in [3.63, 3.8) is 0 Å². The van der Waals surface area contributed by atoms with Gasteiger partial charge in [0.25, 0.3) is 0 Å². The molecule has 192 valence electrons. The molecule has 5 nitrogen and oxygen atoms in total. The molecule has 1 aliphatic carbocycles. The number of anilines is 1. The van der Waals surface area contributed by atoms with Crippen molar-refractivity contribution in [3.8, 4) is 0 Å². The van der Waals surface area contributed by atoms with E-state index in [1.54, 1.807) is 24.3 Å². The molecular formula is C30H25Cl2FN4O. The average molecular weight is 547 g/mol. The number of benzene rings is 3. The first kappa shape index (κ1) is 23.0. The van der Waals surface area contributed by atoms with Crippen molar-refractivity contribution in [3.05, 3.63) is 93.5 Å². The number of nitrogens with zero attached hydrogens (tertiary/aromatic N) is 3. The molecule has 1 N–H and O–H groups in total. The third kappa shape index (κ3) is 2.97. The zero-order valence-electron chi connectivity index (χ0n) is 20.5. The maximum Gasteiger partial charge on any atom is 0.250 e. The molecule has 0 unspecified atom stereocenters. The number of hydrogen-bond acceptors (Lipinski definition) is 3. The number of fused-ring (bicyclic) bond motifs is 7. The fourth-order valence-electron chi connectivity index (χ4n) is 7.54. The molecule has 3 aliphatic heterocycles. The highest BCUT2D eigenvalue weighted by molar-refractivity contribution is 6.31. The van der Waals surface area contributed by atoms with Gasteiger partial charge in [0, 0.05) is 47.2 Å². The van der Waals surface area contributed by atoms with Crippen molar-refractivity contribution in [2.24, 2.45) is 5.92 Å². The third-order valence-electron chi connectivity index (χ3n) is 9.16. The van der Waals surface area contributed by atoms with E-state index in [2.05, 4.69) is 20.9 Å². The number of aryl methyl sites for hydroxylation is 1. The zero-order chi connectivity index (χ0) is 25.8. The number of para-hydroxylation sites is 2. The minimum absolute atomic E-state index is 0.0238. The summed E-state index contributed by atoms with van der Waals surface area (Å²) in [6.45, 7) is 1.59. The molecule has 1 saturated heterocycles. The first-order valence-corrected chi connectivity index (χ1v) is 14.0. The van der Waals surface area contributed by atoms with Gasteiger partial charge in [-0.1, -0.05) is 53.5 Å². The van der Waals surface area contributed by atoms with E-state index >= 15 is 4.39 Å². The Morgan fingerprint density at radius 2 is 1.89 bits per heavy atom. The van der Waals surface area contributed by atoms with Crippen LogP contribution in [0.3, 0.4) is 0 Å². The molecule has 1 spiro atoms. The highest BCUT2D eigenvalue weighted by Gasteiger charge is 2.69. The Labute approximate surface area is 229 Å². The van der Waals surface area contributed by atoms with Gasteiger partial charge in [-0.15, -0.1) is 0 Å². The van der Waals surface area contributed by atoms with E-state index in [1.807, 2.05) is 30.3 Å². The minimum Gasteiger partial charge on any atom is -0.328 e. The Hall–Kier alpha value is -2.93. The van der Waals surface area contributed by atoms with Crippen LogP contribution < -0.4 is 5.32 Å². The Morgan fingerprint density at radius 1 is 1.05 bits per heavy atom. The Bertz CT molecular complexity index is 1650. The molecule has 4 aromatic rings. The van der Waals surface area contributed by atoms with Gasteiger partial charge < -0.3 is 9.88 Å². The number of likely N-dealkylation sites (tertiary alicyclic amines) is 1. The smallest absolute Gasteiger partial charge is 0.250 e. The molecule has 8 heteroatoms. The number of carbonyl (C=O) groups is 1. The minimum atomic E-state index is -1.10. The summed E-state index contributed by atoms with van der Waals surface area (Å²) < 4.78 is 18.3. The van der Waals surface area contributed by atoms with Crippen LogP contribution in [-0.4, -0.2) is 32.9 Å². The van der Waals surface area contributed by atoms with Gasteiger partial charge >= 0.3 is 0 Å². The van der Waals surface area contributed by atoms with Crippen LogP contribution in [0.25, 0.3) is 11.0 Å². The third-order valence-corrected chi connectivity index (χ3v) is 9.69. The molecule has 0 bridgehead atoms. The highest BCUT2D eigenvalue weighted by atomic mass is 35.5. The molecular weight excluding hydrogens is 522 g/mol. The predicted molar refractivity (Wildman–Crippen MR) is 146 cm³/mol. The number of imidazole rings is 1. The van der Waals surface area contributed by atoms with Crippen LogP contribution in [0.15, 0.2) is 60.7 Å². The van der Waals surface area contributed by atoms with Gasteiger partial charge in [0.2, 0.25) is 5.91 Å². The van der Waals surface area contributed by atoms with E-state index in [0.717, 1.165) is 54.8 Å². The molecule has 4 heterocycles. The highest BCUT2D eigenvalue weighted by Crippen LogP contribution is 2.64. The van der Waals surface area contributed by atoms with Crippen LogP contribution in [0, 0.1) is 11.7 Å². The van der Waals surface area contributed by atoms with Gasteiger partial charge in [-0.05, 0) is 61.1 Å². The number of carbonyl (C=O) groups excluding carboxylic acids is 1. The second-order valence-corrected chi connectivity index (χ2v) is 12.0. The van der Waals surface area contributed by atoms with Crippen LogP contribution in [-0.2, 0) is 16.9 Å². The summed E-state index contributed by atoms with van der Waals surface area (Å²) in [6.07, 6.45) is 3.14. The number of amides is 1. The summed E-state index contributed by atoms with van der Waals surface area (Å²) in [4.78, 5) is 21.9. The molecule has 8 rings (SSSR count). The van der Waals surface area contributed by atoms with Crippen molar-refractivity contribution in [2.75, 3.05) is 11.9 Å². The Balaban J connectivity index is 1.45. The van der Waals surface area contributed by atoms with E-state index in [9.17, 15) is 4.79 Å². The fraction of sp³-hybridized carbons (Fsp3) is 0.333. The van der Waals surface area contributed by atoms with Crippen LogP contribution in [0.5, 0.6) is 0 Å². The van der Waals surface area contributed by atoms with Crippen LogP contribution >= 0.6 is 23.2 Å². The zero-order valence-corrected chi connectivity index (χ0v) is 22.0. The van der Waals surface area contributed by atoms with E-state index in [0.29, 0.717) is 22.2 Å². The van der Waals surface area contributed by atoms with Crippen LogP contribution in [0.4, 0.5) is 10.1 Å². The maximum atomic E-state index is 16.1. The summed E-state index contributed by atoms with van der Waals surface area (Å²) in [5, 5.41) is 3.76. The molecule has 2 fully saturated rings. The molecule has 0 radical (unpaired) electrons. The van der Waals surface area contributed by atoms with E-state index in [1.165, 1.54) is 0 Å². The van der Waals surface area contributed by atoms with Gasteiger partial charge in [0.05, 0.1) is 16.1 Å². The van der Waals surface area contributed by atoms with E-state index in [4.69, 9.17) is 28.2 Å². The predicted octanol–water partition coefficient (Wildman–Crippen LogP) is 6.70. The summed E-state index contributed by atoms with van der Waals surface area (Å²) in [6, 6.07) is 18.9. The maximum absolute atomic E-state index is 16.1. The van der Waals surface area contributed by atoms with Crippen molar-refractivity contribution in [1.82, 2.24) is 14.5 Å². The lowest BCUT2D eigenvalue weighted by Crippen LogP contribution is -2.53. The molecule has 3 aromatic carbocycles. The Morgan fingerprint density at radius 3 is 2.74 bits per heavy atom. The number of nitrogens with one attached hydrogen (secondary N) is 1. The lowest BCUT2D eigenvalue weighted by Gasteiger charge is -2.40. The molecule has 38 heavy (non-hydrogen) atoms. The monoisotopic (exact) mass is 546 g/mol. The topological polar surface area (TPSA) is 50.2 Å². The Kier molecular flexibility index (Phi) is 4.87. The standard InChI is InChI=1S/C30H25Cl2FN4O/c31-17-10-11-19-22(14-17)35-29(38)30(19)26(18-4-3-5-20(32)27(18)33)25-24(37(30)15-16-8-9-16)12-13-36-23-7-2-1-6-21(23)34-28(25)36/h1-7,10-11,14,16,24-26H,8-9,12-13,15H2,(H,35,38)/t24-,25+,26-,30+/m0/s1. The van der Waals surface area contributed by atoms with E-state index in [-0.39, 0.29) is 22.9 Å². The summed E-state index contributed by atoms with van der Waals surface area (Å²) in [5.74, 6) is 0.129. The van der Waals surface area contributed by atoms with Gasteiger partial charge in [-0.25, -0.2) is 9.37 Å². The van der Waals surface area contributed by atoms with Gasteiger partial charge in [-0.2, -0.15) is 0 Å². The quantitative estimate of drug-likeness (QED) is 0.311. The first-order valence-electron chi connectivity index (χ1n) is 13.3. The molecule has 4 atom stereocenters. The van der Waals surface area contributed by atoms with Crippen molar-refractivity contribution < 1.29 is 9.18 Å². The number of hydrogen-bond donors (Lipinski definition) is 1. The SMILES string of the molecule is O=C1Nc2cc(Cl)ccc2[C@@]12[C@@H](c1cccc(Cl)c1F)[C@@H]1c3nc4ccccc4n3CC[C@@H]1N2CC1CC1. The van der Waals surface area contributed by atoms with Gasteiger partial charge in [0.1, 0.15) is 17.2 Å². The van der Waals surface area contributed by atoms with Crippen molar-refractivity contribution >= 4 is 45.8 Å². The van der Waals surface area contributed by atoms with Crippen molar-refractivity contribution in [2.45, 2.75) is 49.2 Å². The summed E-state index contributed by atoms with van der Waals surface area (Å²) >= 11 is 12.8. The largest absolute Gasteiger partial charge is 0.328 e. The number of halogens is 3. The molecule has 4 aliphatic rings. The average Bonchev–Trinajstić information content (AvgIpc) is 3.49. The van der Waals surface area contributed by atoms with Crippen LogP contribution in [0.1, 0.15) is 48.0 Å². The van der Waals surface area contributed by atoms with E-state index < -0.39 is 17.3 Å². The lowest BCUT2D eigenvalue weighted by molar-refractivity contribution is -0.128. The fourth-order valence-corrected chi connectivity index (χ4v) is 7.89.